The van der Waals surface area contributed by atoms with Gasteiger partial charge >= 0.3 is 0 Å². The number of halogens is 1. The second kappa shape index (κ2) is 8.80. The number of aromatic nitrogens is 1. The Balaban J connectivity index is 0.00000208. The van der Waals surface area contributed by atoms with Gasteiger partial charge in [0.15, 0.2) is 5.96 Å². The molecule has 3 rings (SSSR count). The number of thiazole rings is 1. The van der Waals surface area contributed by atoms with Crippen LogP contribution in [0, 0.1) is 12.8 Å². The number of nitrogens with zero attached hydrogens (tertiary/aromatic N) is 3. The van der Waals surface area contributed by atoms with Gasteiger partial charge in [-0.25, -0.2) is 4.98 Å². The van der Waals surface area contributed by atoms with Crippen LogP contribution < -0.4 is 5.32 Å². The minimum Gasteiger partial charge on any atom is -0.353 e. The normalized spacial score (nSPS) is 19.5. The van der Waals surface area contributed by atoms with Crippen molar-refractivity contribution in [1.29, 1.82) is 0 Å². The van der Waals surface area contributed by atoms with Gasteiger partial charge in [0.05, 0.1) is 17.2 Å². The fourth-order valence-electron chi connectivity index (χ4n) is 2.88. The molecule has 6 heteroatoms. The van der Waals surface area contributed by atoms with Crippen molar-refractivity contribution < 1.29 is 0 Å². The Morgan fingerprint density at radius 2 is 2.12 bits per heavy atom. The van der Waals surface area contributed by atoms with Crippen LogP contribution in [0.5, 0.6) is 0 Å². The molecule has 1 heterocycles. The summed E-state index contributed by atoms with van der Waals surface area (Å²) in [6, 6.07) is 11.3. The lowest BCUT2D eigenvalue weighted by Crippen LogP contribution is -2.40. The van der Waals surface area contributed by atoms with Gasteiger partial charge in [-0.2, -0.15) is 0 Å². The highest BCUT2D eigenvalue weighted by atomic mass is 127. The minimum atomic E-state index is 0. The molecule has 4 nitrogen and oxygen atoms in total. The van der Waals surface area contributed by atoms with Crippen molar-refractivity contribution in [3.05, 3.63) is 52.0 Å². The summed E-state index contributed by atoms with van der Waals surface area (Å²) in [5.74, 6) is 1.67. The highest BCUT2D eigenvalue weighted by Crippen LogP contribution is 2.33. The van der Waals surface area contributed by atoms with Gasteiger partial charge in [0.25, 0.3) is 0 Å². The van der Waals surface area contributed by atoms with Crippen molar-refractivity contribution in [3.63, 3.8) is 0 Å². The van der Waals surface area contributed by atoms with Gasteiger partial charge < -0.3 is 10.2 Å². The maximum Gasteiger partial charge on any atom is 0.193 e. The van der Waals surface area contributed by atoms with E-state index in [9.17, 15) is 0 Å². The van der Waals surface area contributed by atoms with E-state index in [0.29, 0.717) is 12.0 Å². The largest absolute Gasteiger partial charge is 0.353 e. The van der Waals surface area contributed by atoms with E-state index in [1.165, 1.54) is 12.0 Å². The van der Waals surface area contributed by atoms with Gasteiger partial charge in [-0.15, -0.1) is 35.3 Å². The lowest BCUT2D eigenvalue weighted by atomic mass is 10.1. The monoisotopic (exact) mass is 456 g/mol. The van der Waals surface area contributed by atoms with E-state index >= 15 is 0 Å². The zero-order valence-corrected chi connectivity index (χ0v) is 17.5. The quantitative estimate of drug-likeness (QED) is 0.424. The van der Waals surface area contributed by atoms with Crippen LogP contribution in [-0.2, 0) is 13.0 Å². The molecule has 1 aliphatic rings. The molecule has 2 unspecified atom stereocenters. The molecule has 2 aromatic rings. The maximum atomic E-state index is 4.53. The van der Waals surface area contributed by atoms with Crippen molar-refractivity contribution in [1.82, 2.24) is 15.2 Å². The molecule has 0 amide bonds. The average Bonchev–Trinajstić information content (AvgIpc) is 3.15. The first-order chi connectivity index (χ1) is 11.2. The Bertz CT molecular complexity index is 671. The van der Waals surface area contributed by atoms with Crippen LogP contribution in [0.4, 0.5) is 0 Å². The van der Waals surface area contributed by atoms with Crippen LogP contribution in [0.15, 0.2) is 40.7 Å². The molecule has 1 aromatic carbocycles. The summed E-state index contributed by atoms with van der Waals surface area (Å²) in [5, 5.41) is 6.82. The molecule has 0 spiro atoms. The molecule has 24 heavy (non-hydrogen) atoms. The zero-order valence-electron chi connectivity index (χ0n) is 14.4. The Hall–Kier alpha value is -1.15. The van der Waals surface area contributed by atoms with E-state index in [1.807, 2.05) is 14.0 Å². The first-order valence-electron chi connectivity index (χ1n) is 8.05. The van der Waals surface area contributed by atoms with Crippen molar-refractivity contribution in [2.45, 2.75) is 32.4 Å². The number of nitrogens with one attached hydrogen (secondary N) is 1. The smallest absolute Gasteiger partial charge is 0.193 e. The molecule has 0 aliphatic heterocycles. The topological polar surface area (TPSA) is 40.5 Å². The molecule has 0 radical (unpaired) electrons. The number of hydrogen-bond acceptors (Lipinski definition) is 3. The van der Waals surface area contributed by atoms with Gasteiger partial charge in [0, 0.05) is 25.5 Å². The van der Waals surface area contributed by atoms with Crippen LogP contribution in [0.3, 0.4) is 0 Å². The summed E-state index contributed by atoms with van der Waals surface area (Å²) in [4.78, 5) is 11.1. The number of hydrogen-bond donors (Lipinski definition) is 1. The summed E-state index contributed by atoms with van der Waals surface area (Å²) in [5.41, 5.74) is 2.53. The molecule has 1 fully saturated rings. The van der Waals surface area contributed by atoms with E-state index in [-0.39, 0.29) is 24.0 Å². The average molecular weight is 456 g/mol. The minimum absolute atomic E-state index is 0. The number of rotatable bonds is 5. The summed E-state index contributed by atoms with van der Waals surface area (Å²) >= 11 is 1.70. The van der Waals surface area contributed by atoms with Gasteiger partial charge in [-0.1, -0.05) is 30.3 Å². The Labute approximate surface area is 165 Å². The number of aryl methyl sites for hydroxylation is 1. The second-order valence-electron chi connectivity index (χ2n) is 6.20. The predicted octanol–water partition coefficient (Wildman–Crippen LogP) is 3.71. The third-order valence-corrected chi connectivity index (χ3v) is 5.04. The second-order valence-corrected chi connectivity index (χ2v) is 7.26. The number of guanidine groups is 1. The van der Waals surface area contributed by atoms with Crippen molar-refractivity contribution in [2.75, 3.05) is 14.1 Å². The lowest BCUT2D eigenvalue weighted by Gasteiger charge is -2.21. The Morgan fingerprint density at radius 1 is 1.38 bits per heavy atom. The summed E-state index contributed by atoms with van der Waals surface area (Å²) in [7, 11) is 3.91. The van der Waals surface area contributed by atoms with E-state index in [0.717, 1.165) is 29.6 Å². The predicted molar refractivity (Wildman–Crippen MR) is 112 cm³/mol. The Kier molecular flexibility index (Phi) is 7.03. The van der Waals surface area contributed by atoms with Crippen LogP contribution >= 0.6 is 35.3 Å². The molecule has 1 N–H and O–H groups in total. The van der Waals surface area contributed by atoms with Gasteiger partial charge in [0.1, 0.15) is 0 Å². The van der Waals surface area contributed by atoms with E-state index in [1.54, 1.807) is 11.3 Å². The molecular formula is C18H25IN4S. The molecule has 2 atom stereocenters. The van der Waals surface area contributed by atoms with Gasteiger partial charge in [-0.3, -0.25) is 4.99 Å². The SMILES string of the molecule is CN=C(NC1CC1Cc1ccccc1)N(C)Cc1csc(C)n1.I. The summed E-state index contributed by atoms with van der Waals surface area (Å²) in [6.45, 7) is 2.83. The molecule has 1 saturated carbocycles. The van der Waals surface area contributed by atoms with Gasteiger partial charge in [-0.05, 0) is 31.2 Å². The van der Waals surface area contributed by atoms with E-state index in [4.69, 9.17) is 0 Å². The van der Waals surface area contributed by atoms with E-state index < -0.39 is 0 Å². The van der Waals surface area contributed by atoms with Crippen molar-refractivity contribution in [3.8, 4) is 0 Å². The molecule has 1 aliphatic carbocycles. The molecule has 130 valence electrons. The highest BCUT2D eigenvalue weighted by molar-refractivity contribution is 14.0. The lowest BCUT2D eigenvalue weighted by molar-refractivity contribution is 0.468. The van der Waals surface area contributed by atoms with E-state index in [2.05, 4.69) is 63.0 Å². The first kappa shape index (κ1) is 19.2. The zero-order chi connectivity index (χ0) is 16.2. The van der Waals surface area contributed by atoms with Crippen LogP contribution in [-0.4, -0.2) is 36.0 Å². The molecule has 1 aromatic heterocycles. The third kappa shape index (κ3) is 5.17. The summed E-state index contributed by atoms with van der Waals surface area (Å²) in [6.07, 6.45) is 2.36. The number of aliphatic imine (C=N–C) groups is 1. The molecular weight excluding hydrogens is 431 g/mol. The maximum absolute atomic E-state index is 4.53. The van der Waals surface area contributed by atoms with Crippen molar-refractivity contribution >= 4 is 41.3 Å². The third-order valence-electron chi connectivity index (χ3n) is 4.22. The molecule has 0 bridgehead atoms. The summed E-state index contributed by atoms with van der Waals surface area (Å²) < 4.78 is 0. The Morgan fingerprint density at radius 3 is 2.75 bits per heavy atom. The fraction of sp³-hybridized carbons (Fsp3) is 0.444. The van der Waals surface area contributed by atoms with Crippen LogP contribution in [0.25, 0.3) is 0 Å². The van der Waals surface area contributed by atoms with Gasteiger partial charge in [0.2, 0.25) is 0 Å². The highest BCUT2D eigenvalue weighted by Gasteiger charge is 2.37. The van der Waals surface area contributed by atoms with Crippen molar-refractivity contribution in [2.24, 2.45) is 10.9 Å². The molecule has 0 saturated heterocycles. The number of benzene rings is 1. The fourth-order valence-corrected chi connectivity index (χ4v) is 3.48. The van der Waals surface area contributed by atoms with Crippen LogP contribution in [0.2, 0.25) is 0 Å². The van der Waals surface area contributed by atoms with Crippen LogP contribution in [0.1, 0.15) is 22.7 Å². The first-order valence-corrected chi connectivity index (χ1v) is 8.93. The standard InChI is InChI=1S/C18H24N4S.HI/c1-13-20-16(12-23-13)11-22(3)18(19-2)21-17-10-15(17)9-14-7-5-4-6-8-14;/h4-8,12,15,17H,9-11H2,1-3H3,(H,19,21);1H.